The minimum Gasteiger partial charge on any atom is -0.497 e. The Morgan fingerprint density at radius 3 is 2.46 bits per heavy atom. The zero-order chi connectivity index (χ0) is 20.1. The summed E-state index contributed by atoms with van der Waals surface area (Å²) in [5.74, 6) is 0.695. The Morgan fingerprint density at radius 1 is 1.11 bits per heavy atom. The van der Waals surface area contributed by atoms with Crippen LogP contribution in [-0.4, -0.2) is 31.0 Å². The highest BCUT2D eigenvalue weighted by molar-refractivity contribution is 7.92. The maximum Gasteiger partial charge on any atom is 0.504 e. The number of methoxy groups -OCH3 is 1. The second kappa shape index (κ2) is 6.23. The van der Waals surface area contributed by atoms with Crippen molar-refractivity contribution in [1.82, 2.24) is 9.97 Å². The summed E-state index contributed by atoms with van der Waals surface area (Å²) in [7, 11) is -3.99. The van der Waals surface area contributed by atoms with Crippen LogP contribution < -0.4 is 15.3 Å². The van der Waals surface area contributed by atoms with E-state index in [0.717, 1.165) is 11.1 Å². The Bertz CT molecular complexity index is 1390. The van der Waals surface area contributed by atoms with Gasteiger partial charge in [0, 0.05) is 5.22 Å². The van der Waals surface area contributed by atoms with Crippen LogP contribution in [-0.2, 0) is 9.84 Å². The molecule has 1 aliphatic carbocycles. The number of aromatic nitrogens is 2. The summed E-state index contributed by atoms with van der Waals surface area (Å²) in [6.45, 7) is 0. The van der Waals surface area contributed by atoms with Gasteiger partial charge in [0.05, 0.1) is 17.8 Å². The predicted molar refractivity (Wildman–Crippen MR) is 95.3 cm³/mol. The third-order valence-corrected chi connectivity index (χ3v) is 5.68. The number of alkyl halides is 3. The van der Waals surface area contributed by atoms with Crippen LogP contribution >= 0.6 is 0 Å². The smallest absolute Gasteiger partial charge is 0.497 e. The normalized spacial score (nSPS) is 13.8. The van der Waals surface area contributed by atoms with Gasteiger partial charge in [-0.05, 0) is 40.6 Å². The number of nitrogens with one attached hydrogen (secondary N) is 1. The van der Waals surface area contributed by atoms with Crippen LogP contribution in [0.1, 0.15) is 11.1 Å². The molecule has 1 aromatic heterocycles. The molecule has 9 heteroatoms. The van der Waals surface area contributed by atoms with Crippen LogP contribution in [0.15, 0.2) is 47.6 Å². The lowest BCUT2D eigenvalue weighted by atomic mass is 10.1. The van der Waals surface area contributed by atoms with Crippen molar-refractivity contribution in [3.63, 3.8) is 0 Å². The molecule has 0 atom stereocenters. The van der Waals surface area contributed by atoms with Gasteiger partial charge in [0.2, 0.25) is 5.16 Å². The van der Waals surface area contributed by atoms with E-state index in [1.165, 1.54) is 0 Å². The molecule has 5 nitrogen and oxygen atoms in total. The van der Waals surface area contributed by atoms with Gasteiger partial charge in [-0.3, -0.25) is 0 Å². The average Bonchev–Trinajstić information content (AvgIpc) is 3.20. The van der Waals surface area contributed by atoms with Gasteiger partial charge in [0.1, 0.15) is 5.75 Å². The average molecular weight is 406 g/mol. The molecule has 0 bridgehead atoms. The molecule has 0 amide bonds. The van der Waals surface area contributed by atoms with Crippen LogP contribution in [0.5, 0.6) is 5.75 Å². The summed E-state index contributed by atoms with van der Waals surface area (Å²) in [4.78, 5) is 6.05. The van der Waals surface area contributed by atoms with E-state index in [1.54, 1.807) is 37.5 Å². The Hall–Kier alpha value is -3.07. The first-order chi connectivity index (χ1) is 13.2. The number of ether oxygens (including phenoxy) is 1. The van der Waals surface area contributed by atoms with Crippen LogP contribution in [0.2, 0.25) is 0 Å². The number of hydrogen-bond acceptors (Lipinski definition) is 4. The topological polar surface area (TPSA) is 72.0 Å². The number of sulfone groups is 1. The van der Waals surface area contributed by atoms with Crippen molar-refractivity contribution in [2.45, 2.75) is 10.7 Å². The third-order valence-electron chi connectivity index (χ3n) is 4.37. The minimum absolute atomic E-state index is 0.179. The fourth-order valence-electron chi connectivity index (χ4n) is 3.03. The molecule has 28 heavy (non-hydrogen) atoms. The van der Waals surface area contributed by atoms with Crippen LogP contribution in [0, 0.1) is 10.6 Å². The molecule has 144 valence electrons. The first-order valence-electron chi connectivity index (χ1n) is 8.09. The first-order valence-corrected chi connectivity index (χ1v) is 9.57. The fourth-order valence-corrected chi connectivity index (χ4v) is 3.71. The number of imidazole rings is 1. The van der Waals surface area contributed by atoms with E-state index in [9.17, 15) is 21.6 Å². The lowest BCUT2D eigenvalue weighted by Gasteiger charge is -2.04. The Labute approximate surface area is 157 Å². The second-order valence-corrected chi connectivity index (χ2v) is 7.98. The molecule has 1 aliphatic rings. The SMILES string of the molecule is COc1ccc(/C=c2/cccc3c2=c2nc(S(=O)(=O)C(F)(F)F)[nH]c2=C3)cc1. The number of nitrogens with zero attached hydrogens (tertiary/aromatic N) is 1. The summed E-state index contributed by atoms with van der Waals surface area (Å²) >= 11 is 0. The highest BCUT2D eigenvalue weighted by atomic mass is 32.2. The quantitative estimate of drug-likeness (QED) is 0.565. The number of hydrogen-bond donors (Lipinski definition) is 1. The molecule has 0 saturated heterocycles. The molecule has 0 fully saturated rings. The van der Waals surface area contributed by atoms with E-state index in [2.05, 4.69) is 9.97 Å². The number of fused-ring (bicyclic) bond motifs is 2. The molecule has 0 aliphatic heterocycles. The lowest BCUT2D eigenvalue weighted by molar-refractivity contribution is -0.0440. The van der Waals surface area contributed by atoms with E-state index in [0.29, 0.717) is 16.2 Å². The van der Waals surface area contributed by atoms with Crippen LogP contribution in [0.25, 0.3) is 12.2 Å². The van der Waals surface area contributed by atoms with Crippen molar-refractivity contribution in [2.24, 2.45) is 0 Å². The van der Waals surface area contributed by atoms with Gasteiger partial charge < -0.3 is 9.72 Å². The van der Waals surface area contributed by atoms with Crippen molar-refractivity contribution < 1.29 is 26.3 Å². The summed E-state index contributed by atoms with van der Waals surface area (Å²) in [6.07, 6.45) is 3.42. The summed E-state index contributed by atoms with van der Waals surface area (Å²) in [5, 5.41) is 0.589. The number of rotatable bonds is 3. The number of aromatic amines is 1. The molecular weight excluding hydrogens is 393 g/mol. The Balaban J connectivity index is 1.98. The fraction of sp³-hybridized carbons (Fsp3) is 0.105. The molecule has 3 aromatic rings. The van der Waals surface area contributed by atoms with Crippen molar-refractivity contribution in [2.75, 3.05) is 7.11 Å². The van der Waals surface area contributed by atoms with Gasteiger partial charge >= 0.3 is 15.3 Å². The Morgan fingerprint density at radius 2 is 1.82 bits per heavy atom. The van der Waals surface area contributed by atoms with Crippen molar-refractivity contribution in [3.05, 3.63) is 74.7 Å². The number of benzene rings is 2. The van der Waals surface area contributed by atoms with Crippen LogP contribution in [0.4, 0.5) is 13.2 Å². The zero-order valence-electron chi connectivity index (χ0n) is 14.4. The van der Waals surface area contributed by atoms with Crippen molar-refractivity contribution in [1.29, 1.82) is 0 Å². The van der Waals surface area contributed by atoms with Gasteiger partial charge in [-0.1, -0.05) is 30.3 Å². The maximum atomic E-state index is 12.8. The van der Waals surface area contributed by atoms with Gasteiger partial charge in [0.15, 0.2) is 0 Å². The van der Waals surface area contributed by atoms with Gasteiger partial charge in [-0.2, -0.15) is 13.2 Å². The van der Waals surface area contributed by atoms with E-state index in [1.807, 2.05) is 24.3 Å². The molecule has 1 heterocycles. The summed E-state index contributed by atoms with van der Waals surface area (Å²) in [5.41, 5.74) is -3.83. The second-order valence-electron chi connectivity index (χ2n) is 6.13. The van der Waals surface area contributed by atoms with Gasteiger partial charge in [-0.15, -0.1) is 0 Å². The lowest BCUT2D eigenvalue weighted by Crippen LogP contribution is -2.24. The van der Waals surface area contributed by atoms with E-state index in [4.69, 9.17) is 4.74 Å². The molecule has 0 spiro atoms. The first kappa shape index (κ1) is 18.3. The number of H-pyrrole nitrogens is 1. The van der Waals surface area contributed by atoms with Crippen molar-refractivity contribution >= 4 is 22.0 Å². The molecule has 0 unspecified atom stereocenters. The standard InChI is InChI=1S/C19H13F3N2O3S/c1-27-14-7-5-11(6-8-14)9-12-3-2-4-13-10-15-17(16(12)13)24-18(23-15)28(25,26)19(20,21)22/h2-10H,1H3,(H,23,24)/b12-9-. The maximum absolute atomic E-state index is 12.8. The summed E-state index contributed by atoms with van der Waals surface area (Å²) in [6, 6.07) is 12.6. The monoisotopic (exact) mass is 406 g/mol. The minimum atomic E-state index is -5.55. The Kier molecular flexibility index (Phi) is 4.07. The largest absolute Gasteiger partial charge is 0.504 e. The van der Waals surface area contributed by atoms with Gasteiger partial charge in [-0.25, -0.2) is 13.4 Å². The zero-order valence-corrected chi connectivity index (χ0v) is 15.2. The van der Waals surface area contributed by atoms with E-state index in [-0.39, 0.29) is 10.7 Å². The van der Waals surface area contributed by atoms with Crippen molar-refractivity contribution in [3.8, 4) is 5.75 Å². The molecule has 1 N–H and O–H groups in total. The van der Waals surface area contributed by atoms with Gasteiger partial charge in [0.25, 0.3) is 0 Å². The highest BCUT2D eigenvalue weighted by Gasteiger charge is 2.49. The molecule has 4 rings (SSSR count). The molecule has 0 radical (unpaired) electrons. The summed E-state index contributed by atoms with van der Waals surface area (Å²) < 4.78 is 66.9. The number of halogens is 3. The highest BCUT2D eigenvalue weighted by Crippen LogP contribution is 2.27. The van der Waals surface area contributed by atoms with Crippen LogP contribution in [0.3, 0.4) is 0 Å². The van der Waals surface area contributed by atoms with E-state index >= 15 is 0 Å². The van der Waals surface area contributed by atoms with E-state index < -0.39 is 20.5 Å². The molecule has 2 aromatic carbocycles. The molecular formula is C19H13F3N2O3S. The third kappa shape index (κ3) is 2.88. The molecule has 0 saturated carbocycles. The predicted octanol–water partition coefficient (Wildman–Crippen LogP) is 1.97.